The van der Waals surface area contributed by atoms with E-state index < -0.39 is 0 Å². The van der Waals surface area contributed by atoms with E-state index in [-0.39, 0.29) is 6.04 Å². The highest BCUT2D eigenvalue weighted by atomic mass is 14.6. The molecule has 0 spiro atoms. The average molecular weight is 149 g/mol. The van der Waals surface area contributed by atoms with Gasteiger partial charge in [-0.1, -0.05) is 43.7 Å². The van der Waals surface area contributed by atoms with E-state index in [0.29, 0.717) is 0 Å². The highest BCUT2D eigenvalue weighted by Crippen LogP contribution is 2.09. The average Bonchev–Trinajstić information content (AvgIpc) is 2.17. The lowest BCUT2D eigenvalue weighted by atomic mass is 10.1. The molecule has 1 rings (SSSR count). The molecule has 0 aromatic heterocycles. The van der Waals surface area contributed by atoms with Gasteiger partial charge in [0.25, 0.3) is 0 Å². The Bertz CT molecular complexity index is 199. The Morgan fingerprint density at radius 2 is 2.27 bits per heavy atom. The van der Waals surface area contributed by atoms with Crippen LogP contribution in [0.1, 0.15) is 19.8 Å². The van der Waals surface area contributed by atoms with Gasteiger partial charge in [-0.05, 0) is 12.0 Å². The lowest BCUT2D eigenvalue weighted by Crippen LogP contribution is -2.11. The van der Waals surface area contributed by atoms with Crippen LogP contribution in [-0.4, -0.2) is 6.04 Å². The van der Waals surface area contributed by atoms with E-state index >= 15 is 0 Å². The Morgan fingerprint density at radius 1 is 1.45 bits per heavy atom. The van der Waals surface area contributed by atoms with Crippen LogP contribution in [0.5, 0.6) is 0 Å². The molecule has 0 aliphatic heterocycles. The second kappa shape index (κ2) is 4.14. The van der Waals surface area contributed by atoms with Crippen molar-refractivity contribution in [3.63, 3.8) is 0 Å². The summed E-state index contributed by atoms with van der Waals surface area (Å²) in [5.74, 6) is 0. The minimum atomic E-state index is 0.0978. The standard InChI is InChI=1S/C10H15N/c1-2-4-9-5-3-6-10(11)8-7-9/h3,5-8,10H,2,4,11H2,1H3. The van der Waals surface area contributed by atoms with Crippen molar-refractivity contribution in [3.8, 4) is 0 Å². The van der Waals surface area contributed by atoms with E-state index in [1.165, 1.54) is 12.0 Å². The molecule has 0 amide bonds. The number of nitrogens with two attached hydrogens (primary N) is 1. The Morgan fingerprint density at radius 3 is 3.00 bits per heavy atom. The Hall–Kier alpha value is -0.820. The summed E-state index contributed by atoms with van der Waals surface area (Å²) in [6.07, 6.45) is 12.7. The minimum Gasteiger partial charge on any atom is -0.321 e. The van der Waals surface area contributed by atoms with Gasteiger partial charge in [0.1, 0.15) is 0 Å². The molecule has 1 atom stereocenters. The summed E-state index contributed by atoms with van der Waals surface area (Å²) >= 11 is 0. The van der Waals surface area contributed by atoms with Crippen LogP contribution in [0.15, 0.2) is 36.0 Å². The molecule has 1 aliphatic carbocycles. The number of hydrogen-bond donors (Lipinski definition) is 1. The van der Waals surface area contributed by atoms with E-state index in [1.54, 1.807) is 0 Å². The molecule has 1 nitrogen and oxygen atoms in total. The van der Waals surface area contributed by atoms with Gasteiger partial charge in [0.2, 0.25) is 0 Å². The summed E-state index contributed by atoms with van der Waals surface area (Å²) in [7, 11) is 0. The molecule has 1 aliphatic rings. The molecule has 0 bridgehead atoms. The van der Waals surface area contributed by atoms with Crippen LogP contribution in [0, 0.1) is 0 Å². The second-order valence-corrected chi connectivity index (χ2v) is 2.81. The van der Waals surface area contributed by atoms with Crippen molar-refractivity contribution >= 4 is 0 Å². The Labute approximate surface area is 68.3 Å². The first-order valence-electron chi connectivity index (χ1n) is 4.14. The maximum Gasteiger partial charge on any atom is 0.0416 e. The Kier molecular flexibility index (Phi) is 3.12. The van der Waals surface area contributed by atoms with Crippen molar-refractivity contribution in [2.75, 3.05) is 0 Å². The Balaban J connectivity index is 2.61. The summed E-state index contributed by atoms with van der Waals surface area (Å²) < 4.78 is 0. The van der Waals surface area contributed by atoms with Gasteiger partial charge < -0.3 is 5.73 Å². The first-order valence-corrected chi connectivity index (χ1v) is 4.14. The van der Waals surface area contributed by atoms with Crippen molar-refractivity contribution in [1.29, 1.82) is 0 Å². The fourth-order valence-electron chi connectivity index (χ4n) is 1.12. The zero-order valence-corrected chi connectivity index (χ0v) is 6.96. The van der Waals surface area contributed by atoms with Crippen molar-refractivity contribution in [3.05, 3.63) is 36.0 Å². The summed E-state index contributed by atoms with van der Waals surface area (Å²) in [5.41, 5.74) is 7.06. The quantitative estimate of drug-likeness (QED) is 0.639. The van der Waals surface area contributed by atoms with Crippen molar-refractivity contribution < 1.29 is 0 Å². The van der Waals surface area contributed by atoms with Crippen LogP contribution in [0.4, 0.5) is 0 Å². The summed E-state index contributed by atoms with van der Waals surface area (Å²) in [6.45, 7) is 2.18. The summed E-state index contributed by atoms with van der Waals surface area (Å²) in [5, 5.41) is 0. The van der Waals surface area contributed by atoms with Crippen molar-refractivity contribution in [1.82, 2.24) is 0 Å². The van der Waals surface area contributed by atoms with Crippen LogP contribution >= 0.6 is 0 Å². The molecule has 0 fully saturated rings. The van der Waals surface area contributed by atoms with Crippen LogP contribution in [0.3, 0.4) is 0 Å². The molecule has 0 radical (unpaired) electrons. The lowest BCUT2D eigenvalue weighted by molar-refractivity contribution is 0.924. The number of allylic oxidation sites excluding steroid dienone is 4. The van der Waals surface area contributed by atoms with E-state index in [1.807, 2.05) is 18.2 Å². The molecule has 11 heavy (non-hydrogen) atoms. The highest BCUT2D eigenvalue weighted by Gasteiger charge is 1.95. The van der Waals surface area contributed by atoms with Crippen LogP contribution in [-0.2, 0) is 0 Å². The lowest BCUT2D eigenvalue weighted by Gasteiger charge is -1.96. The monoisotopic (exact) mass is 149 g/mol. The third-order valence-electron chi connectivity index (χ3n) is 1.71. The highest BCUT2D eigenvalue weighted by molar-refractivity contribution is 5.29. The molecule has 0 saturated carbocycles. The van der Waals surface area contributed by atoms with Gasteiger partial charge in [0.15, 0.2) is 0 Å². The van der Waals surface area contributed by atoms with Gasteiger partial charge in [-0.3, -0.25) is 0 Å². The molecule has 1 unspecified atom stereocenters. The zero-order chi connectivity index (χ0) is 8.10. The van der Waals surface area contributed by atoms with Crippen molar-refractivity contribution in [2.24, 2.45) is 5.73 Å². The van der Waals surface area contributed by atoms with Gasteiger partial charge >= 0.3 is 0 Å². The SMILES string of the molecule is CCCC1=CC=CC(N)C=C1. The predicted molar refractivity (Wildman–Crippen MR) is 49.2 cm³/mol. The molecule has 60 valence electrons. The predicted octanol–water partition coefficient (Wildman–Crippen LogP) is 2.17. The van der Waals surface area contributed by atoms with E-state index in [9.17, 15) is 0 Å². The molecular formula is C10H15N. The largest absolute Gasteiger partial charge is 0.321 e. The molecule has 1 heteroatoms. The number of rotatable bonds is 2. The van der Waals surface area contributed by atoms with Crippen LogP contribution in [0.25, 0.3) is 0 Å². The maximum absolute atomic E-state index is 5.69. The first-order chi connectivity index (χ1) is 5.33. The second-order valence-electron chi connectivity index (χ2n) is 2.81. The molecule has 0 saturated heterocycles. The van der Waals surface area contributed by atoms with Gasteiger partial charge in [0.05, 0.1) is 0 Å². The third kappa shape index (κ3) is 2.72. The van der Waals surface area contributed by atoms with Gasteiger partial charge in [0, 0.05) is 6.04 Å². The topological polar surface area (TPSA) is 26.0 Å². The fraction of sp³-hybridized carbons (Fsp3) is 0.400. The minimum absolute atomic E-state index is 0.0978. The molecule has 2 N–H and O–H groups in total. The zero-order valence-electron chi connectivity index (χ0n) is 6.96. The smallest absolute Gasteiger partial charge is 0.0416 e. The number of hydrogen-bond acceptors (Lipinski definition) is 1. The molecule has 0 heterocycles. The van der Waals surface area contributed by atoms with Crippen LogP contribution in [0.2, 0.25) is 0 Å². The maximum atomic E-state index is 5.69. The molecule has 0 aromatic carbocycles. The van der Waals surface area contributed by atoms with Crippen LogP contribution < -0.4 is 5.73 Å². The van der Waals surface area contributed by atoms with Gasteiger partial charge in [-0.2, -0.15) is 0 Å². The van der Waals surface area contributed by atoms with Gasteiger partial charge in [-0.15, -0.1) is 0 Å². The fourth-order valence-corrected chi connectivity index (χ4v) is 1.12. The first kappa shape index (κ1) is 8.28. The normalized spacial score (nSPS) is 23.1. The summed E-state index contributed by atoms with van der Waals surface area (Å²) in [4.78, 5) is 0. The van der Waals surface area contributed by atoms with Gasteiger partial charge in [-0.25, -0.2) is 0 Å². The molecule has 0 aromatic rings. The molecular weight excluding hydrogens is 134 g/mol. The third-order valence-corrected chi connectivity index (χ3v) is 1.71. The van der Waals surface area contributed by atoms with Crippen molar-refractivity contribution in [2.45, 2.75) is 25.8 Å². The van der Waals surface area contributed by atoms with E-state index in [0.717, 1.165) is 6.42 Å². The van der Waals surface area contributed by atoms with E-state index in [4.69, 9.17) is 5.73 Å². The van der Waals surface area contributed by atoms with E-state index in [2.05, 4.69) is 19.1 Å². The summed E-state index contributed by atoms with van der Waals surface area (Å²) in [6, 6.07) is 0.0978.